The van der Waals surface area contributed by atoms with Crippen LogP contribution in [-0.4, -0.2) is 10.8 Å². The lowest BCUT2D eigenvalue weighted by Gasteiger charge is -2.12. The van der Waals surface area contributed by atoms with Gasteiger partial charge in [0.05, 0.1) is 5.56 Å². The van der Waals surface area contributed by atoms with Gasteiger partial charge in [0.2, 0.25) is 5.69 Å². The van der Waals surface area contributed by atoms with Crippen molar-refractivity contribution in [2.45, 2.75) is 6.18 Å². The Bertz CT molecular complexity index is 1550. The number of nitrogens with zero attached hydrogens (tertiary/aromatic N) is 1. The number of aromatic nitrogens is 2. The molecule has 1 aliphatic heterocycles. The summed E-state index contributed by atoms with van der Waals surface area (Å²) in [5.41, 5.74) is 3.37. The van der Waals surface area contributed by atoms with E-state index in [1.165, 1.54) is 12.1 Å². The van der Waals surface area contributed by atoms with E-state index in [1.807, 2.05) is 35.0 Å². The van der Waals surface area contributed by atoms with Crippen molar-refractivity contribution in [1.82, 2.24) is 4.98 Å². The minimum absolute atomic E-state index is 0.0737. The maximum Gasteiger partial charge on any atom is 0.417 e. The molecule has 0 radical (unpaired) electrons. The number of aromatic amines is 1. The molecule has 0 spiro atoms. The number of carbonyl (C=O) groups is 1. The van der Waals surface area contributed by atoms with E-state index < -0.39 is 11.7 Å². The molecule has 150 valence electrons. The second-order valence-corrected chi connectivity index (χ2v) is 7.60. The fraction of sp³-hybridized carbons (Fsp3) is 0.0400. The number of para-hydroxylation sites is 1. The Morgan fingerprint density at radius 3 is 2.35 bits per heavy atom. The summed E-state index contributed by atoms with van der Waals surface area (Å²) in [6, 6.07) is 20.0. The normalized spacial score (nSPS) is 13.1. The first-order chi connectivity index (χ1) is 14.9. The molecule has 0 saturated carbocycles. The van der Waals surface area contributed by atoms with Crippen LogP contribution < -0.4 is 4.57 Å². The summed E-state index contributed by atoms with van der Waals surface area (Å²) in [6.45, 7) is 0. The Kier molecular flexibility index (Phi) is 3.49. The lowest BCUT2D eigenvalue weighted by Crippen LogP contribution is -2.31. The number of fused-ring (bicyclic) bond motifs is 7. The summed E-state index contributed by atoms with van der Waals surface area (Å²) in [5, 5.41) is 1.57. The SMILES string of the molecule is O=C1c2ccccc2-[n+]2ccc3c([nH]c4ccc(-c5ccccc5C(F)(F)F)cc43)c21. The number of carbonyl (C=O) groups excluding carboxylic acids is 1. The molecule has 2 aromatic heterocycles. The van der Waals surface area contributed by atoms with Crippen LogP contribution in [0.3, 0.4) is 0 Å². The third-order valence-electron chi connectivity index (χ3n) is 5.87. The van der Waals surface area contributed by atoms with E-state index >= 15 is 0 Å². The molecule has 3 heterocycles. The van der Waals surface area contributed by atoms with Gasteiger partial charge >= 0.3 is 6.18 Å². The van der Waals surface area contributed by atoms with E-state index in [0.29, 0.717) is 22.3 Å². The average molecular weight is 415 g/mol. The highest BCUT2D eigenvalue weighted by Crippen LogP contribution is 2.39. The molecule has 6 rings (SSSR count). The first-order valence-electron chi connectivity index (χ1n) is 9.74. The van der Waals surface area contributed by atoms with Crippen LogP contribution in [0, 0.1) is 0 Å². The van der Waals surface area contributed by atoms with Gasteiger partial charge in [-0.1, -0.05) is 36.4 Å². The summed E-state index contributed by atoms with van der Waals surface area (Å²) >= 11 is 0. The molecule has 0 unspecified atom stereocenters. The summed E-state index contributed by atoms with van der Waals surface area (Å²) in [4.78, 5) is 16.4. The Morgan fingerprint density at radius 2 is 1.55 bits per heavy atom. The number of hydrogen-bond acceptors (Lipinski definition) is 1. The van der Waals surface area contributed by atoms with Gasteiger partial charge in [0.1, 0.15) is 11.1 Å². The minimum Gasteiger partial charge on any atom is -0.349 e. The number of halogens is 3. The second-order valence-electron chi connectivity index (χ2n) is 7.60. The van der Waals surface area contributed by atoms with E-state index in [4.69, 9.17) is 0 Å². The number of H-pyrrole nitrogens is 1. The van der Waals surface area contributed by atoms with Crippen LogP contribution in [0.15, 0.2) is 79.0 Å². The van der Waals surface area contributed by atoms with Crippen molar-refractivity contribution in [3.63, 3.8) is 0 Å². The third-order valence-corrected chi connectivity index (χ3v) is 5.87. The van der Waals surface area contributed by atoms with Gasteiger partial charge in [0.25, 0.3) is 11.5 Å². The smallest absolute Gasteiger partial charge is 0.349 e. The van der Waals surface area contributed by atoms with Gasteiger partial charge in [-0.05, 0) is 35.4 Å². The van der Waals surface area contributed by atoms with Crippen LogP contribution in [0.2, 0.25) is 0 Å². The van der Waals surface area contributed by atoms with Crippen LogP contribution in [0.5, 0.6) is 0 Å². The molecule has 0 saturated heterocycles. The molecule has 0 bridgehead atoms. The standard InChI is InChI=1S/C25H13F3N2O/c26-25(27,28)19-7-3-1-5-15(19)14-9-10-20-18(13-14)16-11-12-30-21-8-4-2-6-17(21)24(31)23(30)22(16)29-20/h1-13H/p+1. The topological polar surface area (TPSA) is 36.7 Å². The quantitative estimate of drug-likeness (QED) is 0.337. The van der Waals surface area contributed by atoms with E-state index in [9.17, 15) is 18.0 Å². The molecule has 0 amide bonds. The Hall–Kier alpha value is -3.93. The van der Waals surface area contributed by atoms with Gasteiger partial charge in [-0.15, -0.1) is 0 Å². The summed E-state index contributed by atoms with van der Waals surface area (Å²) < 4.78 is 42.4. The van der Waals surface area contributed by atoms with Crippen molar-refractivity contribution < 1.29 is 22.5 Å². The predicted octanol–water partition coefficient (Wildman–Crippen LogP) is 5.83. The maximum atomic E-state index is 13.5. The lowest BCUT2D eigenvalue weighted by atomic mass is 9.97. The molecule has 31 heavy (non-hydrogen) atoms. The largest absolute Gasteiger partial charge is 0.417 e. The number of nitrogens with one attached hydrogen (secondary N) is 1. The Balaban J connectivity index is 1.60. The summed E-state index contributed by atoms with van der Waals surface area (Å²) in [6.07, 6.45) is -2.60. The van der Waals surface area contributed by atoms with E-state index in [2.05, 4.69) is 4.98 Å². The highest BCUT2D eigenvalue weighted by Gasteiger charge is 2.38. The van der Waals surface area contributed by atoms with Crippen LogP contribution in [0.1, 0.15) is 21.6 Å². The van der Waals surface area contributed by atoms with Gasteiger partial charge in [-0.25, -0.2) is 0 Å². The van der Waals surface area contributed by atoms with Gasteiger partial charge in [0.15, 0.2) is 6.20 Å². The van der Waals surface area contributed by atoms with Crippen molar-refractivity contribution in [1.29, 1.82) is 0 Å². The molecule has 3 nitrogen and oxygen atoms in total. The van der Waals surface area contributed by atoms with Crippen molar-refractivity contribution in [2.75, 3.05) is 0 Å². The van der Waals surface area contributed by atoms with Gasteiger partial charge in [-0.2, -0.15) is 17.7 Å². The fourth-order valence-electron chi connectivity index (χ4n) is 4.49. The molecular formula is C25H14F3N2O+. The molecule has 1 N–H and O–H groups in total. The van der Waals surface area contributed by atoms with Crippen LogP contribution in [0.25, 0.3) is 38.6 Å². The first kappa shape index (κ1) is 17.9. The van der Waals surface area contributed by atoms with E-state index in [0.717, 1.165) is 28.0 Å². The zero-order chi connectivity index (χ0) is 21.3. The third kappa shape index (κ3) is 2.48. The van der Waals surface area contributed by atoms with Crippen molar-refractivity contribution in [3.05, 3.63) is 95.8 Å². The monoisotopic (exact) mass is 415 g/mol. The number of alkyl halides is 3. The maximum absolute atomic E-state index is 13.5. The van der Waals surface area contributed by atoms with Crippen LogP contribution in [0.4, 0.5) is 13.2 Å². The van der Waals surface area contributed by atoms with E-state index in [1.54, 1.807) is 30.3 Å². The molecule has 0 fully saturated rings. The average Bonchev–Trinajstić information content (AvgIpc) is 3.28. The Labute approximate surface area is 174 Å². The minimum atomic E-state index is -4.44. The zero-order valence-electron chi connectivity index (χ0n) is 16.0. The predicted molar refractivity (Wildman–Crippen MR) is 111 cm³/mol. The highest BCUT2D eigenvalue weighted by molar-refractivity contribution is 6.20. The van der Waals surface area contributed by atoms with Crippen molar-refractivity contribution in [3.8, 4) is 16.8 Å². The van der Waals surface area contributed by atoms with E-state index in [-0.39, 0.29) is 11.3 Å². The molecule has 1 aliphatic rings. The summed E-state index contributed by atoms with van der Waals surface area (Å²) in [5.74, 6) is -0.0737. The molecular weight excluding hydrogens is 401 g/mol. The second kappa shape index (κ2) is 6.04. The molecule has 0 aliphatic carbocycles. The molecule has 0 atom stereocenters. The van der Waals surface area contributed by atoms with Crippen molar-refractivity contribution >= 4 is 27.6 Å². The first-order valence-corrected chi connectivity index (χ1v) is 9.74. The fourth-order valence-corrected chi connectivity index (χ4v) is 4.49. The van der Waals surface area contributed by atoms with Crippen LogP contribution >= 0.6 is 0 Å². The number of hydrogen-bond donors (Lipinski definition) is 1. The number of rotatable bonds is 1. The number of pyridine rings is 1. The summed E-state index contributed by atoms with van der Waals surface area (Å²) in [7, 11) is 0. The number of ketones is 1. The van der Waals surface area contributed by atoms with Gasteiger partial charge < -0.3 is 4.98 Å². The number of benzene rings is 3. The lowest BCUT2D eigenvalue weighted by molar-refractivity contribution is -0.592. The molecule has 3 aromatic carbocycles. The van der Waals surface area contributed by atoms with Gasteiger partial charge in [0, 0.05) is 28.4 Å². The zero-order valence-corrected chi connectivity index (χ0v) is 16.0. The van der Waals surface area contributed by atoms with Crippen LogP contribution in [-0.2, 0) is 6.18 Å². The molecule has 6 heteroatoms. The molecule has 5 aromatic rings. The highest BCUT2D eigenvalue weighted by atomic mass is 19.4. The Morgan fingerprint density at radius 1 is 0.806 bits per heavy atom. The van der Waals surface area contributed by atoms with Gasteiger partial charge in [-0.3, -0.25) is 4.79 Å². The van der Waals surface area contributed by atoms with Crippen molar-refractivity contribution in [2.24, 2.45) is 0 Å².